The van der Waals surface area contributed by atoms with Gasteiger partial charge in [0.2, 0.25) is 5.91 Å². The van der Waals surface area contributed by atoms with Crippen molar-refractivity contribution in [2.75, 3.05) is 0 Å². The van der Waals surface area contributed by atoms with Crippen LogP contribution in [0.5, 0.6) is 5.75 Å². The molecule has 130 valence electrons. The highest BCUT2D eigenvalue weighted by Crippen LogP contribution is 2.30. The highest BCUT2D eigenvalue weighted by atomic mass is 16.5. The van der Waals surface area contributed by atoms with E-state index in [1.807, 2.05) is 39.1 Å². The van der Waals surface area contributed by atoms with Gasteiger partial charge in [-0.15, -0.1) is 0 Å². The van der Waals surface area contributed by atoms with Crippen LogP contribution in [0.15, 0.2) is 18.3 Å². The normalized spacial score (nSPS) is 21.7. The Hall–Kier alpha value is -2.04. The minimum Gasteiger partial charge on any atom is -0.490 e. The molecule has 0 spiro atoms. The number of benzene rings is 1. The molecule has 1 aliphatic carbocycles. The number of hydrogen-bond donors (Lipinski definition) is 2. The van der Waals surface area contributed by atoms with Gasteiger partial charge in [0.25, 0.3) is 0 Å². The van der Waals surface area contributed by atoms with Gasteiger partial charge in [-0.3, -0.25) is 9.89 Å². The number of rotatable bonds is 3. The molecule has 0 unspecified atom stereocenters. The van der Waals surface area contributed by atoms with Crippen molar-refractivity contribution >= 4 is 16.8 Å². The number of nitrogens with zero attached hydrogens (tertiary/aromatic N) is 1. The van der Waals surface area contributed by atoms with E-state index in [1.54, 1.807) is 0 Å². The summed E-state index contributed by atoms with van der Waals surface area (Å²) in [6, 6.07) is 4.22. The maximum Gasteiger partial charge on any atom is 0.225 e. The molecule has 1 heterocycles. The van der Waals surface area contributed by atoms with Crippen LogP contribution in [-0.2, 0) is 4.79 Å². The minimum absolute atomic E-state index is 0.115. The van der Waals surface area contributed by atoms with Crippen LogP contribution in [0.3, 0.4) is 0 Å². The van der Waals surface area contributed by atoms with Crippen molar-refractivity contribution in [2.24, 2.45) is 5.41 Å². The van der Waals surface area contributed by atoms with E-state index in [2.05, 4.69) is 22.4 Å². The molecule has 1 amide bonds. The highest BCUT2D eigenvalue weighted by Gasteiger charge is 2.29. The summed E-state index contributed by atoms with van der Waals surface area (Å²) in [6.45, 7) is 7.91. The second kappa shape index (κ2) is 6.46. The second-order valence-corrected chi connectivity index (χ2v) is 7.85. The van der Waals surface area contributed by atoms with Gasteiger partial charge in [0.05, 0.1) is 11.7 Å². The van der Waals surface area contributed by atoms with E-state index in [9.17, 15) is 4.79 Å². The van der Waals surface area contributed by atoms with E-state index in [1.165, 1.54) is 0 Å². The standard InChI is InChI=1S/C19H27N3O2/c1-12-15-11-20-22-16(15)8-9-17(12)24-14-7-5-6-13(10-14)21-18(23)19(2,3)4/h8-9,11,13-14H,5-7,10H2,1-4H3,(H,20,22)(H,21,23)/t13-,14+/m1/s1. The molecule has 1 aromatic carbocycles. The van der Waals surface area contributed by atoms with Crippen LogP contribution in [0.25, 0.3) is 10.9 Å². The molecule has 0 radical (unpaired) electrons. The zero-order valence-electron chi connectivity index (χ0n) is 15.0. The van der Waals surface area contributed by atoms with E-state index in [4.69, 9.17) is 4.74 Å². The lowest BCUT2D eigenvalue weighted by molar-refractivity contribution is -0.129. The van der Waals surface area contributed by atoms with E-state index >= 15 is 0 Å². The van der Waals surface area contributed by atoms with Gasteiger partial charge in [-0.1, -0.05) is 20.8 Å². The first kappa shape index (κ1) is 16.8. The van der Waals surface area contributed by atoms with Gasteiger partial charge in [-0.25, -0.2) is 0 Å². The van der Waals surface area contributed by atoms with Gasteiger partial charge in [0.1, 0.15) is 11.9 Å². The Morgan fingerprint density at radius 3 is 2.88 bits per heavy atom. The van der Waals surface area contributed by atoms with Gasteiger partial charge >= 0.3 is 0 Å². The van der Waals surface area contributed by atoms with E-state index in [-0.39, 0.29) is 23.5 Å². The smallest absolute Gasteiger partial charge is 0.225 e. The third-order valence-corrected chi connectivity index (χ3v) is 4.78. The van der Waals surface area contributed by atoms with E-state index in [0.29, 0.717) is 0 Å². The Labute approximate surface area is 143 Å². The van der Waals surface area contributed by atoms with Crippen molar-refractivity contribution in [3.63, 3.8) is 0 Å². The second-order valence-electron chi connectivity index (χ2n) is 7.85. The summed E-state index contributed by atoms with van der Waals surface area (Å²) in [4.78, 5) is 12.2. The van der Waals surface area contributed by atoms with Crippen LogP contribution in [0.1, 0.15) is 52.0 Å². The largest absolute Gasteiger partial charge is 0.490 e. The fraction of sp³-hybridized carbons (Fsp3) is 0.579. The summed E-state index contributed by atoms with van der Waals surface area (Å²) >= 11 is 0. The fourth-order valence-electron chi connectivity index (χ4n) is 3.23. The lowest BCUT2D eigenvalue weighted by Gasteiger charge is -2.32. The van der Waals surface area contributed by atoms with Crippen molar-refractivity contribution in [2.45, 2.75) is 65.5 Å². The Balaban J connectivity index is 1.66. The topological polar surface area (TPSA) is 67.0 Å². The molecule has 2 N–H and O–H groups in total. The quantitative estimate of drug-likeness (QED) is 0.902. The fourth-order valence-corrected chi connectivity index (χ4v) is 3.23. The zero-order chi connectivity index (χ0) is 17.3. The molecule has 0 bridgehead atoms. The van der Waals surface area contributed by atoms with Gasteiger partial charge < -0.3 is 10.1 Å². The Morgan fingerprint density at radius 2 is 2.12 bits per heavy atom. The molecule has 5 heteroatoms. The number of carbonyl (C=O) groups is 1. The molecule has 2 atom stereocenters. The molecule has 0 aliphatic heterocycles. The summed E-state index contributed by atoms with van der Waals surface area (Å²) in [7, 11) is 0. The molecule has 2 aromatic rings. The maximum atomic E-state index is 12.2. The Morgan fingerprint density at radius 1 is 1.33 bits per heavy atom. The number of ether oxygens (including phenoxy) is 1. The molecule has 24 heavy (non-hydrogen) atoms. The SMILES string of the molecule is Cc1c(O[C@H]2CCC[C@@H](NC(=O)C(C)(C)C)C2)ccc2[nH]ncc12. The number of H-pyrrole nitrogens is 1. The summed E-state index contributed by atoms with van der Waals surface area (Å²) < 4.78 is 6.27. The average molecular weight is 329 g/mol. The van der Waals surface area contributed by atoms with Crippen LogP contribution < -0.4 is 10.1 Å². The number of amides is 1. The summed E-state index contributed by atoms with van der Waals surface area (Å²) in [5.74, 6) is 1.03. The van der Waals surface area contributed by atoms with Gasteiger partial charge in [-0.2, -0.15) is 5.10 Å². The number of hydrogen-bond acceptors (Lipinski definition) is 3. The van der Waals surface area contributed by atoms with Crippen LogP contribution in [0.4, 0.5) is 0 Å². The third-order valence-electron chi connectivity index (χ3n) is 4.78. The van der Waals surface area contributed by atoms with Crippen LogP contribution >= 0.6 is 0 Å². The number of aromatic nitrogens is 2. The maximum absolute atomic E-state index is 12.2. The summed E-state index contributed by atoms with van der Waals surface area (Å²) in [5.41, 5.74) is 1.79. The zero-order valence-corrected chi connectivity index (χ0v) is 15.0. The summed E-state index contributed by atoms with van der Waals surface area (Å²) in [5, 5.41) is 11.3. The van der Waals surface area contributed by atoms with Gasteiger partial charge in [0, 0.05) is 28.8 Å². The number of nitrogens with one attached hydrogen (secondary N) is 2. The number of aryl methyl sites for hydroxylation is 1. The third kappa shape index (κ3) is 3.55. The first-order valence-electron chi connectivity index (χ1n) is 8.75. The monoisotopic (exact) mass is 329 g/mol. The molecule has 1 aromatic heterocycles. The van der Waals surface area contributed by atoms with Crippen molar-refractivity contribution in [1.29, 1.82) is 0 Å². The van der Waals surface area contributed by atoms with Crippen LogP contribution in [0.2, 0.25) is 0 Å². The van der Waals surface area contributed by atoms with Gasteiger partial charge in [0.15, 0.2) is 0 Å². The average Bonchev–Trinajstić information content (AvgIpc) is 2.99. The molecule has 1 fully saturated rings. The molecular weight excluding hydrogens is 302 g/mol. The Bertz CT molecular complexity index is 730. The van der Waals surface area contributed by atoms with Crippen molar-refractivity contribution in [1.82, 2.24) is 15.5 Å². The predicted octanol–water partition coefficient (Wildman–Crippen LogP) is 3.72. The minimum atomic E-state index is -0.350. The van der Waals surface area contributed by atoms with E-state index < -0.39 is 0 Å². The van der Waals surface area contributed by atoms with E-state index in [0.717, 1.165) is 47.9 Å². The van der Waals surface area contributed by atoms with Crippen molar-refractivity contribution in [3.8, 4) is 5.75 Å². The number of carbonyl (C=O) groups excluding carboxylic acids is 1. The lowest BCUT2D eigenvalue weighted by Crippen LogP contribution is -2.45. The Kier molecular flexibility index (Phi) is 4.52. The van der Waals surface area contributed by atoms with Crippen LogP contribution in [0, 0.1) is 12.3 Å². The number of aromatic amines is 1. The van der Waals surface area contributed by atoms with Gasteiger partial charge in [-0.05, 0) is 38.3 Å². The molecule has 1 saturated carbocycles. The van der Waals surface area contributed by atoms with Crippen molar-refractivity contribution in [3.05, 3.63) is 23.9 Å². The highest BCUT2D eigenvalue weighted by molar-refractivity contribution is 5.83. The number of fused-ring (bicyclic) bond motifs is 1. The first-order chi connectivity index (χ1) is 11.3. The summed E-state index contributed by atoms with van der Waals surface area (Å²) in [6.07, 6.45) is 5.99. The molecule has 5 nitrogen and oxygen atoms in total. The predicted molar refractivity (Wildman–Crippen MR) is 95.1 cm³/mol. The first-order valence-corrected chi connectivity index (χ1v) is 8.75. The van der Waals surface area contributed by atoms with Crippen molar-refractivity contribution < 1.29 is 9.53 Å². The lowest BCUT2D eigenvalue weighted by atomic mass is 9.90. The molecule has 0 saturated heterocycles. The molecular formula is C19H27N3O2. The molecule has 3 rings (SSSR count). The molecule has 1 aliphatic rings. The van der Waals surface area contributed by atoms with Crippen LogP contribution in [-0.4, -0.2) is 28.3 Å².